The van der Waals surface area contributed by atoms with Gasteiger partial charge in [-0.1, -0.05) is 13.8 Å². The van der Waals surface area contributed by atoms with Crippen molar-refractivity contribution in [3.05, 3.63) is 33.4 Å². The van der Waals surface area contributed by atoms with Gasteiger partial charge in [-0.2, -0.15) is 0 Å². The first-order chi connectivity index (χ1) is 15.3. The Morgan fingerprint density at radius 1 is 0.382 bits per heavy atom. The molecule has 0 aliphatic heterocycles. The molecule has 12 heteroatoms. The van der Waals surface area contributed by atoms with Crippen LogP contribution in [0.2, 0.25) is 50.4 Å². The van der Waals surface area contributed by atoms with Crippen LogP contribution in [-0.2, 0) is 38.5 Å². The molecule has 0 nitrogen and oxygen atoms in total. The molecule has 0 radical (unpaired) electrons. The second kappa shape index (κ2) is 14.2. The van der Waals surface area contributed by atoms with Crippen LogP contribution in [0.15, 0.2) is 0 Å². The zero-order valence-corrected chi connectivity index (χ0v) is 31.1. The third-order valence-electron chi connectivity index (χ3n) is 6.15. The molecule has 0 fully saturated rings. The third kappa shape index (κ3) is 13.0. The third-order valence-corrected chi connectivity index (χ3v) is 15.2. The lowest BCUT2D eigenvalue weighted by Gasteiger charge is -2.29. The second-order valence-electron chi connectivity index (χ2n) is 9.86. The molecule has 198 valence electrons. The highest BCUT2D eigenvalue weighted by molar-refractivity contribution is 7.46. The summed E-state index contributed by atoms with van der Waals surface area (Å²) in [6.07, 6.45) is 5.31. The van der Waals surface area contributed by atoms with E-state index in [-0.39, 0.29) is 0 Å². The van der Waals surface area contributed by atoms with E-state index >= 15 is 0 Å². The van der Waals surface area contributed by atoms with Crippen LogP contribution in [0.3, 0.4) is 0 Å². The second-order valence-corrected chi connectivity index (χ2v) is 42.8. The maximum absolute atomic E-state index is 6.58. The van der Waals surface area contributed by atoms with Crippen LogP contribution >= 0.6 is 88.6 Å². The molecule has 1 rings (SSSR count). The Balaban J connectivity index is 3.87. The topological polar surface area (TPSA) is 0 Å². The van der Waals surface area contributed by atoms with Crippen molar-refractivity contribution < 1.29 is 0 Å². The summed E-state index contributed by atoms with van der Waals surface area (Å²) < 4.78 is 0. The van der Waals surface area contributed by atoms with Gasteiger partial charge < -0.3 is 0 Å². The van der Waals surface area contributed by atoms with Crippen molar-refractivity contribution in [1.29, 1.82) is 0 Å². The molecule has 0 bridgehead atoms. The minimum absolute atomic E-state index is 0.786. The van der Waals surface area contributed by atoms with E-state index in [0.717, 1.165) is 62.7 Å². The van der Waals surface area contributed by atoms with E-state index in [1.165, 1.54) is 33.4 Å². The fourth-order valence-corrected chi connectivity index (χ4v) is 9.56. The molecular weight excluding hydrogens is 660 g/mol. The minimum Gasteiger partial charge on any atom is -0.146 e. The fraction of sp³-hybridized carbons (Fsp3) is 0.727. The van der Waals surface area contributed by atoms with Crippen molar-refractivity contribution in [2.75, 3.05) is 0 Å². The van der Waals surface area contributed by atoms with Crippen LogP contribution in [0.25, 0.3) is 0 Å². The lowest BCUT2D eigenvalue weighted by atomic mass is 9.81. The monoisotopic (exact) mass is 694 g/mol. The Morgan fingerprint density at radius 2 is 0.559 bits per heavy atom. The van der Waals surface area contributed by atoms with Gasteiger partial charge in [-0.05, 0) is 122 Å². The highest BCUT2D eigenvalue weighted by Gasteiger charge is 2.31. The van der Waals surface area contributed by atoms with E-state index in [1.807, 2.05) is 26.2 Å². The molecule has 0 saturated carbocycles. The SMILES string of the molecule is CCc1c(CC)c(CC[Si](C)(Cl)Cl)c(CC[Si](C)(Cl)Cl)c(CC[Si](C)(Cl)Cl)c1CC[Si](C)(Cl)Cl. The summed E-state index contributed by atoms with van der Waals surface area (Å²) >= 11 is 52.6. The van der Waals surface area contributed by atoms with E-state index in [0.29, 0.717) is 0 Å². The van der Waals surface area contributed by atoms with Gasteiger partial charge in [0.2, 0.25) is 26.8 Å². The first-order valence-electron chi connectivity index (χ1n) is 12.0. The Bertz CT molecular complexity index is 739. The largest absolute Gasteiger partial charge is 0.248 e. The Kier molecular flexibility index (Phi) is 14.3. The zero-order chi connectivity index (χ0) is 26.5. The first kappa shape index (κ1) is 34.4. The van der Waals surface area contributed by atoms with Gasteiger partial charge in [-0.3, -0.25) is 0 Å². The summed E-state index contributed by atoms with van der Waals surface area (Å²) in [5.41, 5.74) is 8.31. The maximum atomic E-state index is 6.58. The van der Waals surface area contributed by atoms with Crippen molar-refractivity contribution in [2.24, 2.45) is 0 Å². The van der Waals surface area contributed by atoms with Crippen LogP contribution in [0.5, 0.6) is 0 Å². The summed E-state index contributed by atoms with van der Waals surface area (Å²) in [6.45, 7) is 3.28. The molecule has 0 atom stereocenters. The summed E-state index contributed by atoms with van der Waals surface area (Å²) in [5, 5.41) is 0. The molecule has 0 aliphatic carbocycles. The standard InChI is InChI=1S/C22H38Cl8Si4/c1-7-17-18(8-2)20(10-14-32(4,25)26)22(12-16-34(6,29)30)21(11-15-33(5,27)28)19(17)9-13-31(3,23)24/h7-16H2,1-6H3. The van der Waals surface area contributed by atoms with Crippen molar-refractivity contribution in [3.63, 3.8) is 0 Å². The number of benzene rings is 1. The van der Waals surface area contributed by atoms with Gasteiger partial charge in [-0.25, -0.2) is 0 Å². The molecular formula is C22H38Cl8Si4. The predicted molar refractivity (Wildman–Crippen MR) is 173 cm³/mol. The molecule has 0 saturated heterocycles. The van der Waals surface area contributed by atoms with E-state index < -0.39 is 26.8 Å². The zero-order valence-electron chi connectivity index (χ0n) is 21.1. The van der Waals surface area contributed by atoms with Gasteiger partial charge in [0.1, 0.15) is 0 Å². The van der Waals surface area contributed by atoms with Crippen molar-refractivity contribution in [2.45, 2.75) is 103 Å². The lowest BCUT2D eigenvalue weighted by molar-refractivity contribution is 0.869. The lowest BCUT2D eigenvalue weighted by Crippen LogP contribution is -2.22. The van der Waals surface area contributed by atoms with Gasteiger partial charge in [0.05, 0.1) is 0 Å². The number of hydrogen-bond acceptors (Lipinski definition) is 0. The number of rotatable bonds is 14. The van der Waals surface area contributed by atoms with Crippen molar-refractivity contribution in [1.82, 2.24) is 0 Å². The molecule has 0 aliphatic rings. The Labute approximate surface area is 249 Å². The number of hydrogen-bond donors (Lipinski definition) is 0. The van der Waals surface area contributed by atoms with Gasteiger partial charge in [0.15, 0.2) is 0 Å². The van der Waals surface area contributed by atoms with Crippen molar-refractivity contribution >= 4 is 115 Å². The predicted octanol–water partition coefficient (Wildman–Crippen LogP) is 11.2. The van der Waals surface area contributed by atoms with Crippen LogP contribution in [-0.4, -0.2) is 26.8 Å². The molecule has 0 spiro atoms. The first-order valence-corrected chi connectivity index (χ1v) is 30.9. The highest BCUT2D eigenvalue weighted by atomic mass is 35.7. The van der Waals surface area contributed by atoms with E-state index in [4.69, 9.17) is 88.6 Å². The normalized spacial score (nSPS) is 13.6. The maximum Gasteiger partial charge on any atom is 0.248 e. The molecule has 0 aromatic heterocycles. The number of halogens is 8. The molecule has 0 N–H and O–H groups in total. The van der Waals surface area contributed by atoms with Crippen LogP contribution in [0.1, 0.15) is 47.2 Å². The summed E-state index contributed by atoms with van der Waals surface area (Å²) in [5.74, 6) is 0. The van der Waals surface area contributed by atoms with Gasteiger partial charge in [0, 0.05) is 0 Å². The fourth-order valence-electron chi connectivity index (χ4n) is 4.53. The summed E-state index contributed by atoms with van der Waals surface area (Å²) in [6, 6.07) is 3.18. The minimum atomic E-state index is -2.30. The summed E-state index contributed by atoms with van der Waals surface area (Å²) in [4.78, 5) is 0. The highest BCUT2D eigenvalue weighted by Crippen LogP contribution is 2.38. The molecule has 0 unspecified atom stereocenters. The van der Waals surface area contributed by atoms with Crippen molar-refractivity contribution in [3.8, 4) is 0 Å². The molecule has 34 heavy (non-hydrogen) atoms. The Morgan fingerprint density at radius 3 is 0.706 bits per heavy atom. The molecule has 0 heterocycles. The Hall–Kier alpha value is 2.41. The van der Waals surface area contributed by atoms with Gasteiger partial charge in [0.25, 0.3) is 0 Å². The molecule has 0 amide bonds. The molecule has 1 aromatic rings. The average Bonchev–Trinajstić information content (AvgIpc) is 2.64. The van der Waals surface area contributed by atoms with E-state index in [2.05, 4.69) is 13.8 Å². The summed E-state index contributed by atoms with van der Waals surface area (Å²) in [7, 11) is 0. The van der Waals surface area contributed by atoms with Crippen LogP contribution in [0, 0.1) is 0 Å². The van der Waals surface area contributed by atoms with Gasteiger partial charge in [-0.15, -0.1) is 88.6 Å². The van der Waals surface area contributed by atoms with Gasteiger partial charge >= 0.3 is 0 Å². The van der Waals surface area contributed by atoms with Crippen LogP contribution < -0.4 is 0 Å². The quantitative estimate of drug-likeness (QED) is 0.134. The van der Waals surface area contributed by atoms with E-state index in [9.17, 15) is 0 Å². The van der Waals surface area contributed by atoms with Crippen LogP contribution in [0.4, 0.5) is 0 Å². The smallest absolute Gasteiger partial charge is 0.146 e. The average molecular weight is 699 g/mol. The van der Waals surface area contributed by atoms with E-state index in [1.54, 1.807) is 0 Å². The molecule has 1 aromatic carbocycles.